The fraction of sp³-hybridized carbons (Fsp3) is 0.385. The van der Waals surface area contributed by atoms with E-state index in [0.29, 0.717) is 23.5 Å². The number of hydrogen-bond acceptors (Lipinski definition) is 3. The molecule has 1 amide bonds. The van der Waals surface area contributed by atoms with Gasteiger partial charge in [-0.1, -0.05) is 22.9 Å². The third-order valence-corrected chi connectivity index (χ3v) is 4.04. The van der Waals surface area contributed by atoms with Gasteiger partial charge in [0, 0.05) is 11.9 Å². The Morgan fingerprint density at radius 1 is 1.39 bits per heavy atom. The molecule has 0 aliphatic carbocycles. The van der Waals surface area contributed by atoms with Crippen LogP contribution >= 0.6 is 15.9 Å². The molecule has 0 fully saturated rings. The number of ketones is 1. The lowest BCUT2D eigenvalue weighted by Crippen LogP contribution is -2.34. The standard InChI is InChI=1S/C13H14BrNO3/c1-8(6-14)7-15-11-4-3-9(18-2)5-10(11)12(16)13(15)17/h3-5,8H,6-7H2,1-2H3. The number of anilines is 1. The second kappa shape index (κ2) is 5.10. The van der Waals surface area contributed by atoms with E-state index in [-0.39, 0.29) is 5.92 Å². The Kier molecular flexibility index (Phi) is 3.71. The van der Waals surface area contributed by atoms with E-state index in [1.807, 2.05) is 6.92 Å². The lowest BCUT2D eigenvalue weighted by atomic mass is 10.1. The number of carbonyl (C=O) groups is 2. The maximum atomic E-state index is 11.9. The molecule has 1 unspecified atom stereocenters. The zero-order valence-electron chi connectivity index (χ0n) is 10.3. The molecule has 0 aromatic heterocycles. The summed E-state index contributed by atoms with van der Waals surface area (Å²) < 4.78 is 5.07. The molecule has 0 saturated carbocycles. The Labute approximate surface area is 114 Å². The number of Topliss-reactive ketones (excluding diaryl/α,β-unsaturated/α-hetero) is 1. The van der Waals surface area contributed by atoms with Crippen molar-refractivity contribution in [1.29, 1.82) is 0 Å². The van der Waals surface area contributed by atoms with E-state index < -0.39 is 11.7 Å². The Balaban J connectivity index is 2.37. The van der Waals surface area contributed by atoms with Crippen LogP contribution in [0.1, 0.15) is 17.3 Å². The van der Waals surface area contributed by atoms with Crippen molar-refractivity contribution in [3.63, 3.8) is 0 Å². The van der Waals surface area contributed by atoms with Crippen LogP contribution < -0.4 is 9.64 Å². The van der Waals surface area contributed by atoms with Crippen LogP contribution in [0.4, 0.5) is 5.69 Å². The minimum Gasteiger partial charge on any atom is -0.497 e. The number of alkyl halides is 1. The molecule has 5 heteroatoms. The molecular weight excluding hydrogens is 298 g/mol. The van der Waals surface area contributed by atoms with Gasteiger partial charge in [-0.25, -0.2) is 0 Å². The van der Waals surface area contributed by atoms with Gasteiger partial charge in [-0.2, -0.15) is 0 Å². The number of ether oxygens (including phenoxy) is 1. The lowest BCUT2D eigenvalue weighted by Gasteiger charge is -2.19. The lowest BCUT2D eigenvalue weighted by molar-refractivity contribution is -0.114. The fourth-order valence-electron chi connectivity index (χ4n) is 1.95. The molecule has 0 N–H and O–H groups in total. The Hall–Kier alpha value is -1.36. The van der Waals surface area contributed by atoms with Crippen LogP contribution in [0.3, 0.4) is 0 Å². The number of methoxy groups -OCH3 is 1. The summed E-state index contributed by atoms with van der Waals surface area (Å²) in [5.41, 5.74) is 1.11. The van der Waals surface area contributed by atoms with E-state index >= 15 is 0 Å². The van der Waals surface area contributed by atoms with Crippen molar-refractivity contribution in [3.8, 4) is 5.75 Å². The molecule has 2 rings (SSSR count). The molecule has 96 valence electrons. The number of benzene rings is 1. The first-order valence-electron chi connectivity index (χ1n) is 5.68. The van der Waals surface area contributed by atoms with Crippen molar-refractivity contribution >= 4 is 33.3 Å². The van der Waals surface area contributed by atoms with Crippen molar-refractivity contribution in [2.75, 3.05) is 23.9 Å². The summed E-state index contributed by atoms with van der Waals surface area (Å²) in [5, 5.41) is 0.788. The second-order valence-electron chi connectivity index (χ2n) is 4.39. The molecule has 1 heterocycles. The van der Waals surface area contributed by atoms with Gasteiger partial charge in [-0.3, -0.25) is 9.59 Å². The zero-order valence-corrected chi connectivity index (χ0v) is 11.9. The molecule has 4 nitrogen and oxygen atoms in total. The molecule has 1 aliphatic heterocycles. The van der Waals surface area contributed by atoms with Gasteiger partial charge in [0.25, 0.3) is 11.7 Å². The molecule has 0 radical (unpaired) electrons. The fourth-order valence-corrected chi connectivity index (χ4v) is 2.15. The van der Waals surface area contributed by atoms with E-state index in [0.717, 1.165) is 5.33 Å². The highest BCUT2D eigenvalue weighted by Gasteiger charge is 2.36. The molecule has 1 aromatic carbocycles. The molecular formula is C13H14BrNO3. The second-order valence-corrected chi connectivity index (χ2v) is 5.03. The average Bonchev–Trinajstić information content (AvgIpc) is 2.63. The average molecular weight is 312 g/mol. The summed E-state index contributed by atoms with van der Waals surface area (Å²) in [7, 11) is 1.54. The topological polar surface area (TPSA) is 46.6 Å². The Bertz CT molecular complexity index is 501. The molecule has 0 spiro atoms. The number of hydrogen-bond donors (Lipinski definition) is 0. The van der Waals surface area contributed by atoms with Gasteiger partial charge < -0.3 is 9.64 Å². The van der Waals surface area contributed by atoms with Crippen LogP contribution in [0, 0.1) is 5.92 Å². The van der Waals surface area contributed by atoms with Gasteiger partial charge >= 0.3 is 0 Å². The molecule has 18 heavy (non-hydrogen) atoms. The quantitative estimate of drug-likeness (QED) is 0.633. The normalized spacial score (nSPS) is 15.8. The first kappa shape index (κ1) is 13.1. The van der Waals surface area contributed by atoms with Gasteiger partial charge in [-0.15, -0.1) is 0 Å². The summed E-state index contributed by atoms with van der Waals surface area (Å²) in [6, 6.07) is 5.14. The van der Waals surface area contributed by atoms with Crippen LogP contribution in [0.25, 0.3) is 0 Å². The highest BCUT2D eigenvalue weighted by molar-refractivity contribution is 9.09. The molecule has 1 aliphatic rings. The summed E-state index contributed by atoms with van der Waals surface area (Å²) in [4.78, 5) is 25.4. The monoisotopic (exact) mass is 311 g/mol. The number of fused-ring (bicyclic) bond motifs is 1. The van der Waals surface area contributed by atoms with Crippen LogP contribution in [-0.2, 0) is 4.79 Å². The van der Waals surface area contributed by atoms with Crippen LogP contribution in [0.5, 0.6) is 5.75 Å². The van der Waals surface area contributed by atoms with Crippen LogP contribution in [0.15, 0.2) is 18.2 Å². The van der Waals surface area contributed by atoms with Gasteiger partial charge in [0.05, 0.1) is 18.4 Å². The van der Waals surface area contributed by atoms with Crippen molar-refractivity contribution in [1.82, 2.24) is 0 Å². The van der Waals surface area contributed by atoms with Gasteiger partial charge in [0.2, 0.25) is 0 Å². The summed E-state index contributed by atoms with van der Waals surface area (Å²) >= 11 is 3.38. The number of nitrogens with zero attached hydrogens (tertiary/aromatic N) is 1. The summed E-state index contributed by atoms with van der Waals surface area (Å²) in [5.74, 6) is -0.0307. The maximum absolute atomic E-state index is 11.9. The minimum atomic E-state index is -0.453. The highest BCUT2D eigenvalue weighted by Crippen LogP contribution is 2.32. The Morgan fingerprint density at radius 2 is 2.11 bits per heavy atom. The van der Waals surface area contributed by atoms with Crippen molar-refractivity contribution in [2.24, 2.45) is 5.92 Å². The minimum absolute atomic E-state index is 0.287. The first-order chi connectivity index (χ1) is 8.58. The van der Waals surface area contributed by atoms with E-state index in [4.69, 9.17) is 4.74 Å². The smallest absolute Gasteiger partial charge is 0.299 e. The van der Waals surface area contributed by atoms with Crippen LogP contribution in [0.2, 0.25) is 0 Å². The highest BCUT2D eigenvalue weighted by atomic mass is 79.9. The third-order valence-electron chi connectivity index (χ3n) is 2.94. The van der Waals surface area contributed by atoms with E-state index in [1.165, 1.54) is 7.11 Å². The molecule has 1 atom stereocenters. The van der Waals surface area contributed by atoms with Gasteiger partial charge in [0.1, 0.15) is 5.75 Å². The first-order valence-corrected chi connectivity index (χ1v) is 6.80. The summed E-state index contributed by atoms with van der Waals surface area (Å²) in [6.45, 7) is 2.56. The van der Waals surface area contributed by atoms with Crippen molar-refractivity contribution in [2.45, 2.75) is 6.92 Å². The van der Waals surface area contributed by atoms with Crippen molar-refractivity contribution in [3.05, 3.63) is 23.8 Å². The molecule has 0 bridgehead atoms. The number of amides is 1. The SMILES string of the molecule is COc1ccc2c(c1)C(=O)C(=O)N2CC(C)CBr. The zero-order chi connectivity index (χ0) is 13.3. The number of halogens is 1. The van der Waals surface area contributed by atoms with Crippen LogP contribution in [-0.4, -0.2) is 30.7 Å². The van der Waals surface area contributed by atoms with E-state index in [1.54, 1.807) is 23.1 Å². The molecule has 0 saturated heterocycles. The predicted octanol–water partition coefficient (Wildman–Crippen LogP) is 2.26. The third kappa shape index (κ3) is 2.14. The van der Waals surface area contributed by atoms with Gasteiger partial charge in [0.15, 0.2) is 0 Å². The number of rotatable bonds is 4. The predicted molar refractivity (Wildman–Crippen MR) is 72.6 cm³/mol. The van der Waals surface area contributed by atoms with E-state index in [2.05, 4.69) is 15.9 Å². The largest absolute Gasteiger partial charge is 0.497 e. The van der Waals surface area contributed by atoms with E-state index in [9.17, 15) is 9.59 Å². The van der Waals surface area contributed by atoms with Gasteiger partial charge in [-0.05, 0) is 24.1 Å². The summed E-state index contributed by atoms with van der Waals surface area (Å²) in [6.07, 6.45) is 0. The molecule has 1 aromatic rings. The maximum Gasteiger partial charge on any atom is 0.299 e. The van der Waals surface area contributed by atoms with Crippen molar-refractivity contribution < 1.29 is 14.3 Å². The number of carbonyl (C=O) groups excluding carboxylic acids is 2. The Morgan fingerprint density at radius 3 is 2.72 bits per heavy atom.